The molecule has 2 aromatic heterocycles. The van der Waals surface area contributed by atoms with Crippen LogP contribution in [0.4, 0.5) is 14.6 Å². The molecule has 0 unspecified atom stereocenters. The first-order chi connectivity index (χ1) is 11.7. The van der Waals surface area contributed by atoms with E-state index >= 15 is 0 Å². The maximum atomic E-state index is 13.7. The Morgan fingerprint density at radius 2 is 2.04 bits per heavy atom. The molecule has 0 amide bonds. The second kappa shape index (κ2) is 5.55. The van der Waals surface area contributed by atoms with Gasteiger partial charge in [-0.2, -0.15) is 0 Å². The van der Waals surface area contributed by atoms with Gasteiger partial charge in [-0.15, -0.1) is 5.10 Å². The molecule has 7 nitrogen and oxygen atoms in total. The van der Waals surface area contributed by atoms with Gasteiger partial charge in [0.1, 0.15) is 5.82 Å². The highest BCUT2D eigenvalue weighted by molar-refractivity contribution is 5.83. The Morgan fingerprint density at radius 1 is 1.24 bits per heavy atom. The van der Waals surface area contributed by atoms with Gasteiger partial charge in [-0.1, -0.05) is 26.0 Å². The number of rotatable bonds is 2. The van der Waals surface area contributed by atoms with E-state index in [1.54, 1.807) is 9.58 Å². The van der Waals surface area contributed by atoms with E-state index in [-0.39, 0.29) is 31.0 Å². The molecule has 2 saturated heterocycles. The summed E-state index contributed by atoms with van der Waals surface area (Å²) in [6.07, 6.45) is 0.665. The van der Waals surface area contributed by atoms with E-state index in [2.05, 4.69) is 20.3 Å². The molecule has 0 radical (unpaired) electrons. The quantitative estimate of drug-likeness (QED) is 0.826. The minimum absolute atomic E-state index is 0.0700. The summed E-state index contributed by atoms with van der Waals surface area (Å²) >= 11 is 0. The fourth-order valence-corrected chi connectivity index (χ4v) is 3.25. The number of halogens is 2. The lowest BCUT2D eigenvalue weighted by molar-refractivity contribution is 0.0257. The van der Waals surface area contributed by atoms with Crippen LogP contribution >= 0.6 is 0 Å². The van der Waals surface area contributed by atoms with Gasteiger partial charge in [0, 0.05) is 25.0 Å². The number of hydrogen-bond acceptors (Lipinski definition) is 6. The van der Waals surface area contributed by atoms with Gasteiger partial charge in [-0.3, -0.25) is 0 Å². The van der Waals surface area contributed by atoms with Crippen LogP contribution in [0.1, 0.15) is 45.5 Å². The maximum Gasteiger partial charge on any atom is 0.266 e. The van der Waals surface area contributed by atoms with Gasteiger partial charge in [-0.05, 0) is 6.42 Å². The lowest BCUT2D eigenvalue weighted by Crippen LogP contribution is -2.27. The molecule has 2 aliphatic rings. The monoisotopic (exact) mass is 352 g/mol. The molecular formula is C16H22F2N6O. The smallest absolute Gasteiger partial charge is 0.266 e. The van der Waals surface area contributed by atoms with Gasteiger partial charge in [0.2, 0.25) is 0 Å². The molecule has 2 fully saturated rings. The summed E-state index contributed by atoms with van der Waals surface area (Å²) < 4.78 is 34.6. The number of ether oxygens (including phenoxy) is 1. The first-order valence-corrected chi connectivity index (χ1v) is 8.58. The molecule has 0 aromatic carbocycles. The first kappa shape index (κ1) is 16.6. The van der Waals surface area contributed by atoms with Gasteiger partial charge < -0.3 is 9.64 Å². The van der Waals surface area contributed by atoms with Crippen LogP contribution in [-0.4, -0.2) is 57.2 Å². The van der Waals surface area contributed by atoms with Crippen molar-refractivity contribution in [3.63, 3.8) is 0 Å². The average Bonchev–Trinajstić information content (AvgIpc) is 3.23. The van der Waals surface area contributed by atoms with Gasteiger partial charge >= 0.3 is 0 Å². The maximum absolute atomic E-state index is 13.7. The third-order valence-corrected chi connectivity index (χ3v) is 4.70. The summed E-state index contributed by atoms with van der Waals surface area (Å²) in [5.41, 5.74) is 0.769. The van der Waals surface area contributed by atoms with E-state index in [9.17, 15) is 8.78 Å². The van der Waals surface area contributed by atoms with Crippen LogP contribution in [-0.2, 0) is 10.2 Å². The molecular weight excluding hydrogens is 330 g/mol. The third-order valence-electron chi connectivity index (χ3n) is 4.70. The molecule has 25 heavy (non-hydrogen) atoms. The number of fused-ring (bicyclic) bond motifs is 1. The third kappa shape index (κ3) is 2.94. The van der Waals surface area contributed by atoms with Crippen LogP contribution in [0.2, 0.25) is 0 Å². The van der Waals surface area contributed by atoms with Crippen molar-refractivity contribution in [3.8, 4) is 0 Å². The summed E-state index contributed by atoms with van der Waals surface area (Å²) in [5.74, 6) is -1.64. The first-order valence-electron chi connectivity index (χ1n) is 8.58. The second-order valence-corrected chi connectivity index (χ2v) is 7.87. The highest BCUT2D eigenvalue weighted by Gasteiger charge is 2.40. The highest BCUT2D eigenvalue weighted by Crippen LogP contribution is 2.35. The van der Waals surface area contributed by atoms with E-state index in [0.29, 0.717) is 36.0 Å². The van der Waals surface area contributed by atoms with Crippen molar-refractivity contribution >= 4 is 17.0 Å². The van der Waals surface area contributed by atoms with E-state index < -0.39 is 5.92 Å². The van der Waals surface area contributed by atoms with Crippen LogP contribution in [0, 0.1) is 0 Å². The Balaban J connectivity index is 1.86. The van der Waals surface area contributed by atoms with E-state index in [1.165, 1.54) is 0 Å². The molecule has 4 rings (SSSR count). The summed E-state index contributed by atoms with van der Waals surface area (Å²) in [6, 6.07) is 0.0700. The van der Waals surface area contributed by atoms with Crippen molar-refractivity contribution in [3.05, 3.63) is 5.82 Å². The Bertz CT molecular complexity index is 794. The Kier molecular flexibility index (Phi) is 3.68. The molecule has 0 aliphatic carbocycles. The number of nitrogens with zero attached hydrogens (tertiary/aromatic N) is 6. The molecule has 0 N–H and O–H groups in total. The van der Waals surface area contributed by atoms with Crippen molar-refractivity contribution in [1.29, 1.82) is 0 Å². The van der Waals surface area contributed by atoms with E-state index in [1.807, 2.05) is 20.8 Å². The normalized spacial score (nSPS) is 23.7. The summed E-state index contributed by atoms with van der Waals surface area (Å²) in [6.45, 7) is 7.15. The van der Waals surface area contributed by atoms with E-state index in [4.69, 9.17) is 4.74 Å². The van der Waals surface area contributed by atoms with Crippen LogP contribution in [0.15, 0.2) is 0 Å². The number of anilines is 1. The predicted octanol–water partition coefficient (Wildman–Crippen LogP) is 2.33. The molecule has 9 heteroatoms. The fraction of sp³-hybridized carbons (Fsp3) is 0.750. The molecule has 0 spiro atoms. The average molecular weight is 352 g/mol. The lowest BCUT2D eigenvalue weighted by atomic mass is 9.96. The fourth-order valence-electron chi connectivity index (χ4n) is 3.25. The molecule has 1 atom stereocenters. The zero-order valence-electron chi connectivity index (χ0n) is 14.7. The van der Waals surface area contributed by atoms with Crippen molar-refractivity contribution in [1.82, 2.24) is 25.0 Å². The van der Waals surface area contributed by atoms with Crippen LogP contribution in [0.25, 0.3) is 11.2 Å². The SMILES string of the molecule is CC(C)(C)c1nc(N2CCC(F)(F)C2)c2nnn([C@@H]3CCOC3)c2n1. The Morgan fingerprint density at radius 3 is 2.64 bits per heavy atom. The summed E-state index contributed by atoms with van der Waals surface area (Å²) in [5, 5.41) is 8.46. The standard InChI is InChI=1S/C16H22F2N6O/c1-15(2,3)14-19-12(23-6-5-16(17,18)9-23)11-13(20-14)24(22-21-11)10-4-7-25-8-10/h10H,4-9H2,1-3H3/t10-/m1/s1. The number of alkyl halides is 2. The number of aromatic nitrogens is 5. The van der Waals surface area contributed by atoms with E-state index in [0.717, 1.165) is 6.42 Å². The van der Waals surface area contributed by atoms with Crippen molar-refractivity contribution < 1.29 is 13.5 Å². The Hall–Kier alpha value is -1.90. The Labute approximate surface area is 144 Å². The van der Waals surface area contributed by atoms with Gasteiger partial charge in [0.15, 0.2) is 17.0 Å². The predicted molar refractivity (Wildman–Crippen MR) is 88.1 cm³/mol. The largest absolute Gasteiger partial charge is 0.379 e. The molecule has 2 aliphatic heterocycles. The molecule has 0 saturated carbocycles. The molecule has 0 bridgehead atoms. The zero-order valence-corrected chi connectivity index (χ0v) is 14.7. The minimum atomic E-state index is -2.70. The second-order valence-electron chi connectivity index (χ2n) is 7.87. The lowest BCUT2D eigenvalue weighted by Gasteiger charge is -2.22. The topological polar surface area (TPSA) is 69.0 Å². The molecule has 4 heterocycles. The van der Waals surface area contributed by atoms with Gasteiger partial charge in [-0.25, -0.2) is 23.4 Å². The zero-order chi connectivity index (χ0) is 17.8. The van der Waals surface area contributed by atoms with Gasteiger partial charge in [0.05, 0.1) is 19.2 Å². The van der Waals surface area contributed by atoms with Crippen molar-refractivity contribution in [2.45, 2.75) is 51.0 Å². The van der Waals surface area contributed by atoms with Gasteiger partial charge in [0.25, 0.3) is 5.92 Å². The van der Waals surface area contributed by atoms with Crippen molar-refractivity contribution in [2.75, 3.05) is 31.2 Å². The van der Waals surface area contributed by atoms with Crippen LogP contribution in [0.3, 0.4) is 0 Å². The summed E-state index contributed by atoms with van der Waals surface area (Å²) in [7, 11) is 0. The summed E-state index contributed by atoms with van der Waals surface area (Å²) in [4.78, 5) is 10.9. The van der Waals surface area contributed by atoms with Crippen molar-refractivity contribution in [2.24, 2.45) is 0 Å². The van der Waals surface area contributed by atoms with Crippen LogP contribution < -0.4 is 4.90 Å². The molecule has 2 aromatic rings. The number of hydrogen-bond donors (Lipinski definition) is 0. The minimum Gasteiger partial charge on any atom is -0.379 e. The van der Waals surface area contributed by atoms with Crippen LogP contribution in [0.5, 0.6) is 0 Å². The highest BCUT2D eigenvalue weighted by atomic mass is 19.3. The molecule has 136 valence electrons.